The SMILES string of the molecule is CCc1ccc(Cn2cnc(C(C)N)n2)cc1. The lowest BCUT2D eigenvalue weighted by atomic mass is 10.1. The number of aromatic nitrogens is 3. The van der Waals surface area contributed by atoms with E-state index < -0.39 is 0 Å². The first-order chi connectivity index (χ1) is 8.19. The van der Waals surface area contributed by atoms with Crippen LogP contribution >= 0.6 is 0 Å². The van der Waals surface area contributed by atoms with Crippen molar-refractivity contribution in [3.05, 3.63) is 47.5 Å². The summed E-state index contributed by atoms with van der Waals surface area (Å²) in [5.41, 5.74) is 8.30. The minimum Gasteiger partial charge on any atom is -0.321 e. The average molecular weight is 230 g/mol. The first kappa shape index (κ1) is 11.8. The molecule has 1 unspecified atom stereocenters. The van der Waals surface area contributed by atoms with Gasteiger partial charge in [-0.1, -0.05) is 31.2 Å². The van der Waals surface area contributed by atoms with E-state index in [9.17, 15) is 0 Å². The zero-order valence-corrected chi connectivity index (χ0v) is 10.3. The Morgan fingerprint density at radius 3 is 2.41 bits per heavy atom. The molecule has 0 bridgehead atoms. The van der Waals surface area contributed by atoms with E-state index in [1.54, 1.807) is 6.33 Å². The molecule has 90 valence electrons. The summed E-state index contributed by atoms with van der Waals surface area (Å²) in [7, 11) is 0. The number of nitrogens with zero attached hydrogens (tertiary/aromatic N) is 3. The van der Waals surface area contributed by atoms with Crippen LogP contribution in [-0.2, 0) is 13.0 Å². The lowest BCUT2D eigenvalue weighted by Crippen LogP contribution is -2.08. The second-order valence-corrected chi connectivity index (χ2v) is 4.26. The summed E-state index contributed by atoms with van der Waals surface area (Å²) in [5.74, 6) is 0.690. The molecule has 0 spiro atoms. The maximum Gasteiger partial charge on any atom is 0.166 e. The monoisotopic (exact) mass is 230 g/mol. The van der Waals surface area contributed by atoms with Crippen molar-refractivity contribution in [1.82, 2.24) is 14.8 Å². The van der Waals surface area contributed by atoms with Crippen molar-refractivity contribution in [1.29, 1.82) is 0 Å². The van der Waals surface area contributed by atoms with E-state index in [1.165, 1.54) is 11.1 Å². The Morgan fingerprint density at radius 1 is 1.24 bits per heavy atom. The van der Waals surface area contributed by atoms with Crippen LogP contribution in [0.25, 0.3) is 0 Å². The maximum absolute atomic E-state index is 5.72. The minimum absolute atomic E-state index is 0.112. The summed E-state index contributed by atoms with van der Waals surface area (Å²) in [5, 5.41) is 4.33. The van der Waals surface area contributed by atoms with Crippen LogP contribution in [0.1, 0.15) is 36.8 Å². The van der Waals surface area contributed by atoms with Gasteiger partial charge in [0.25, 0.3) is 0 Å². The highest BCUT2D eigenvalue weighted by Gasteiger charge is 2.05. The molecule has 4 nitrogen and oxygen atoms in total. The highest BCUT2D eigenvalue weighted by molar-refractivity contribution is 5.22. The second-order valence-electron chi connectivity index (χ2n) is 4.26. The molecular formula is C13H18N4. The van der Waals surface area contributed by atoms with Gasteiger partial charge in [0.2, 0.25) is 0 Å². The van der Waals surface area contributed by atoms with Crippen molar-refractivity contribution < 1.29 is 0 Å². The molecule has 1 aromatic carbocycles. The Kier molecular flexibility index (Phi) is 3.54. The first-order valence-electron chi connectivity index (χ1n) is 5.91. The van der Waals surface area contributed by atoms with E-state index in [0.29, 0.717) is 5.82 Å². The molecule has 1 heterocycles. The van der Waals surface area contributed by atoms with Gasteiger partial charge < -0.3 is 5.73 Å². The number of benzene rings is 1. The van der Waals surface area contributed by atoms with Crippen molar-refractivity contribution in [2.75, 3.05) is 0 Å². The van der Waals surface area contributed by atoms with E-state index in [1.807, 2.05) is 11.6 Å². The summed E-state index contributed by atoms with van der Waals surface area (Å²) in [6.45, 7) is 4.78. The van der Waals surface area contributed by atoms with E-state index >= 15 is 0 Å². The molecule has 4 heteroatoms. The number of aryl methyl sites for hydroxylation is 1. The highest BCUT2D eigenvalue weighted by atomic mass is 15.3. The number of hydrogen-bond acceptors (Lipinski definition) is 3. The zero-order chi connectivity index (χ0) is 12.3. The van der Waals surface area contributed by atoms with Crippen LogP contribution < -0.4 is 5.73 Å². The largest absolute Gasteiger partial charge is 0.321 e. The molecule has 0 radical (unpaired) electrons. The van der Waals surface area contributed by atoms with Gasteiger partial charge >= 0.3 is 0 Å². The fraction of sp³-hybridized carbons (Fsp3) is 0.385. The third-order valence-electron chi connectivity index (χ3n) is 2.74. The van der Waals surface area contributed by atoms with E-state index in [4.69, 9.17) is 5.73 Å². The lowest BCUT2D eigenvalue weighted by molar-refractivity contribution is 0.649. The minimum atomic E-state index is -0.112. The Balaban J connectivity index is 2.08. The van der Waals surface area contributed by atoms with Crippen molar-refractivity contribution in [3.8, 4) is 0 Å². The van der Waals surface area contributed by atoms with Gasteiger partial charge in [-0.3, -0.25) is 0 Å². The average Bonchev–Trinajstić information content (AvgIpc) is 2.79. The number of rotatable bonds is 4. The third-order valence-corrected chi connectivity index (χ3v) is 2.74. The predicted octanol–water partition coefficient (Wildman–Crippen LogP) is 1.91. The predicted molar refractivity (Wildman–Crippen MR) is 67.5 cm³/mol. The van der Waals surface area contributed by atoms with Gasteiger partial charge in [-0.15, -0.1) is 0 Å². The van der Waals surface area contributed by atoms with Crippen LogP contribution in [0, 0.1) is 0 Å². The summed E-state index contributed by atoms with van der Waals surface area (Å²) in [4.78, 5) is 4.17. The molecule has 1 aromatic heterocycles. The molecule has 2 rings (SSSR count). The van der Waals surface area contributed by atoms with Crippen molar-refractivity contribution >= 4 is 0 Å². The van der Waals surface area contributed by atoms with E-state index in [0.717, 1.165) is 13.0 Å². The van der Waals surface area contributed by atoms with E-state index in [2.05, 4.69) is 41.3 Å². The first-order valence-corrected chi connectivity index (χ1v) is 5.91. The normalized spacial score (nSPS) is 12.6. The van der Waals surface area contributed by atoms with Gasteiger partial charge in [-0.25, -0.2) is 9.67 Å². The number of hydrogen-bond donors (Lipinski definition) is 1. The molecular weight excluding hydrogens is 212 g/mol. The molecule has 2 N–H and O–H groups in total. The highest BCUT2D eigenvalue weighted by Crippen LogP contribution is 2.07. The summed E-state index contributed by atoms with van der Waals surface area (Å²) >= 11 is 0. The smallest absolute Gasteiger partial charge is 0.166 e. The Hall–Kier alpha value is -1.68. The molecule has 0 aliphatic heterocycles. The Bertz CT molecular complexity index is 470. The fourth-order valence-electron chi connectivity index (χ4n) is 1.66. The van der Waals surface area contributed by atoms with Crippen LogP contribution in [0.5, 0.6) is 0 Å². The Labute approximate surface area is 101 Å². The van der Waals surface area contributed by atoms with Crippen LogP contribution in [0.15, 0.2) is 30.6 Å². The van der Waals surface area contributed by atoms with Crippen molar-refractivity contribution in [2.24, 2.45) is 5.73 Å². The quantitative estimate of drug-likeness (QED) is 0.872. The van der Waals surface area contributed by atoms with Crippen molar-refractivity contribution in [3.63, 3.8) is 0 Å². The molecule has 0 aliphatic carbocycles. The van der Waals surface area contributed by atoms with Crippen LogP contribution in [0.3, 0.4) is 0 Å². The molecule has 1 atom stereocenters. The number of nitrogens with two attached hydrogens (primary N) is 1. The Morgan fingerprint density at radius 2 is 1.88 bits per heavy atom. The zero-order valence-electron chi connectivity index (χ0n) is 10.3. The molecule has 0 saturated carbocycles. The van der Waals surface area contributed by atoms with Gasteiger partial charge in [0.15, 0.2) is 5.82 Å². The van der Waals surface area contributed by atoms with Crippen LogP contribution in [0.2, 0.25) is 0 Å². The van der Waals surface area contributed by atoms with Crippen LogP contribution in [0.4, 0.5) is 0 Å². The fourth-order valence-corrected chi connectivity index (χ4v) is 1.66. The van der Waals surface area contributed by atoms with Gasteiger partial charge in [0.05, 0.1) is 12.6 Å². The summed E-state index contributed by atoms with van der Waals surface area (Å²) in [6, 6.07) is 8.45. The van der Waals surface area contributed by atoms with Gasteiger partial charge in [-0.2, -0.15) is 5.10 Å². The molecule has 2 aromatic rings. The summed E-state index contributed by atoms with van der Waals surface area (Å²) in [6.07, 6.45) is 2.80. The maximum atomic E-state index is 5.72. The molecule has 0 saturated heterocycles. The third kappa shape index (κ3) is 2.91. The van der Waals surface area contributed by atoms with Gasteiger partial charge in [0, 0.05) is 0 Å². The molecule has 0 amide bonds. The van der Waals surface area contributed by atoms with Crippen LogP contribution in [-0.4, -0.2) is 14.8 Å². The molecule has 0 fully saturated rings. The molecule has 17 heavy (non-hydrogen) atoms. The lowest BCUT2D eigenvalue weighted by Gasteiger charge is -2.03. The molecule has 0 aliphatic rings. The summed E-state index contributed by atoms with van der Waals surface area (Å²) < 4.78 is 1.82. The van der Waals surface area contributed by atoms with Crippen molar-refractivity contribution in [2.45, 2.75) is 32.9 Å². The van der Waals surface area contributed by atoms with Gasteiger partial charge in [0.1, 0.15) is 6.33 Å². The van der Waals surface area contributed by atoms with Gasteiger partial charge in [-0.05, 0) is 24.5 Å². The second kappa shape index (κ2) is 5.10. The van der Waals surface area contributed by atoms with E-state index in [-0.39, 0.29) is 6.04 Å². The standard InChI is InChI=1S/C13H18N4/c1-3-11-4-6-12(7-5-11)8-17-9-15-13(16-17)10(2)14/h4-7,9-10H,3,8,14H2,1-2H3. The topological polar surface area (TPSA) is 56.7 Å².